The van der Waals surface area contributed by atoms with Crippen molar-refractivity contribution < 1.29 is 12.3 Å². The number of hydrogen-bond donors (Lipinski definition) is 0. The lowest BCUT2D eigenvalue weighted by Gasteiger charge is -2.28. The van der Waals surface area contributed by atoms with Gasteiger partial charge in [0.15, 0.2) is 0 Å². The van der Waals surface area contributed by atoms with E-state index in [9.17, 15) is 0 Å². The van der Waals surface area contributed by atoms with E-state index in [1.165, 1.54) is 20.7 Å². The molecule has 0 heterocycles. The molecule has 0 aromatic heterocycles. The van der Waals surface area contributed by atoms with E-state index in [1.54, 1.807) is 0 Å². The summed E-state index contributed by atoms with van der Waals surface area (Å²) in [5.74, 6) is 0. The van der Waals surface area contributed by atoms with Gasteiger partial charge in [-0.25, -0.2) is 0 Å². The molecule has 208 valence electrons. The zero-order valence-corrected chi connectivity index (χ0v) is 27.5. The van der Waals surface area contributed by atoms with E-state index in [-0.39, 0.29) is 0 Å². The molecular weight excluding hydrogens is 593 g/mol. The Hall–Kier alpha value is -3.93. The monoisotopic (exact) mass is 622 g/mol. The largest absolute Gasteiger partial charge is 0.424 e. The fourth-order valence-corrected chi connectivity index (χ4v) is 15.2. The van der Waals surface area contributed by atoms with Crippen molar-refractivity contribution in [3.8, 4) is 0 Å². The van der Waals surface area contributed by atoms with Crippen molar-refractivity contribution >= 4 is 67.8 Å². The molecule has 0 saturated heterocycles. The third-order valence-corrected chi connectivity index (χ3v) is 16.4. The molecule has 0 aliphatic heterocycles. The van der Waals surface area contributed by atoms with E-state index in [2.05, 4.69) is 170 Å². The molecule has 0 fully saturated rings. The zero-order chi connectivity index (χ0) is 29.1. The Kier molecular flexibility index (Phi) is 10.2. The topological polar surface area (TPSA) is 27.7 Å². The first-order chi connectivity index (χ1) is 21.3. The summed E-state index contributed by atoms with van der Waals surface area (Å²) in [5.41, 5.74) is 0. The molecule has 0 amide bonds. The molecule has 0 bridgehead atoms. The van der Waals surface area contributed by atoms with Crippen molar-refractivity contribution in [2.75, 3.05) is 0 Å². The molecule has 0 aliphatic carbocycles. The van der Waals surface area contributed by atoms with E-state index in [1.807, 2.05) is 12.1 Å². The standard InChI is InChI=1S/C36H30O3Si4/c1-7-19-31(20-8-1)40(32-21-9-2-10-22-32)37-42(35-27-15-5-16-28-35)39-43(36-29-17-6-18-30-36)38-41(33-23-11-3-12-24-33)34-25-13-4-14-26-34/h1-30H. The molecule has 3 nitrogen and oxygen atoms in total. The van der Waals surface area contributed by atoms with E-state index in [4.69, 9.17) is 12.3 Å². The van der Waals surface area contributed by atoms with Gasteiger partial charge in [0.1, 0.15) is 0 Å². The molecule has 0 saturated carbocycles. The van der Waals surface area contributed by atoms with Crippen molar-refractivity contribution in [3.05, 3.63) is 182 Å². The quantitative estimate of drug-likeness (QED) is 0.196. The molecule has 0 N–H and O–H groups in total. The van der Waals surface area contributed by atoms with Crippen LogP contribution in [0.5, 0.6) is 0 Å². The minimum atomic E-state index is -1.99. The second kappa shape index (κ2) is 15.0. The summed E-state index contributed by atoms with van der Waals surface area (Å²) in [6, 6.07) is 63.0. The van der Waals surface area contributed by atoms with Gasteiger partial charge in [-0.1, -0.05) is 182 Å². The van der Waals surface area contributed by atoms with Gasteiger partial charge in [0.2, 0.25) is 0 Å². The van der Waals surface area contributed by atoms with Gasteiger partial charge >= 0.3 is 18.6 Å². The van der Waals surface area contributed by atoms with Gasteiger partial charge in [-0.2, -0.15) is 0 Å². The Labute approximate surface area is 261 Å². The van der Waals surface area contributed by atoms with Crippen molar-refractivity contribution in [2.24, 2.45) is 0 Å². The molecule has 6 aromatic carbocycles. The highest BCUT2D eigenvalue weighted by Crippen LogP contribution is 2.06. The lowest BCUT2D eigenvalue weighted by atomic mass is 10.4. The highest BCUT2D eigenvalue weighted by Gasteiger charge is 2.36. The molecular formula is C36H30O3Si4. The maximum atomic E-state index is 7.19. The van der Waals surface area contributed by atoms with Crippen LogP contribution in [0.4, 0.5) is 0 Å². The summed E-state index contributed by atoms with van der Waals surface area (Å²) in [7, 11) is -7.20. The first-order valence-corrected chi connectivity index (χ1v) is 19.6. The summed E-state index contributed by atoms with van der Waals surface area (Å²) in [4.78, 5) is 0. The Morgan fingerprint density at radius 1 is 0.233 bits per heavy atom. The van der Waals surface area contributed by atoms with Crippen molar-refractivity contribution in [3.63, 3.8) is 0 Å². The summed E-state index contributed by atoms with van der Waals surface area (Å²) in [6.07, 6.45) is 0. The van der Waals surface area contributed by atoms with Crippen molar-refractivity contribution in [2.45, 2.75) is 0 Å². The van der Waals surface area contributed by atoms with Gasteiger partial charge in [0, 0.05) is 0 Å². The highest BCUT2D eigenvalue weighted by molar-refractivity contribution is 6.90. The van der Waals surface area contributed by atoms with Crippen LogP contribution >= 0.6 is 0 Å². The van der Waals surface area contributed by atoms with Gasteiger partial charge in [-0.3, -0.25) is 0 Å². The van der Waals surface area contributed by atoms with Crippen LogP contribution in [0.1, 0.15) is 0 Å². The van der Waals surface area contributed by atoms with Crippen LogP contribution in [0.2, 0.25) is 0 Å². The van der Waals surface area contributed by atoms with Crippen LogP contribution in [0, 0.1) is 0 Å². The minimum absolute atomic E-state index is 1.07. The third-order valence-electron chi connectivity index (χ3n) is 6.74. The second-order valence-corrected chi connectivity index (χ2v) is 18.1. The van der Waals surface area contributed by atoms with Crippen molar-refractivity contribution in [1.82, 2.24) is 0 Å². The maximum Gasteiger partial charge on any atom is 0.403 e. The van der Waals surface area contributed by atoms with Crippen LogP contribution in [-0.2, 0) is 12.3 Å². The van der Waals surface area contributed by atoms with Gasteiger partial charge in [0.25, 0.3) is 18.1 Å². The smallest absolute Gasteiger partial charge is 0.403 e. The first-order valence-electron chi connectivity index (χ1n) is 14.2. The third kappa shape index (κ3) is 7.72. The summed E-state index contributed by atoms with van der Waals surface area (Å²) in [5, 5.41) is 6.89. The normalized spacial score (nSPS) is 11.4. The molecule has 0 aliphatic rings. The Morgan fingerprint density at radius 2 is 0.442 bits per heavy atom. The first kappa shape index (κ1) is 29.2. The molecule has 6 aromatic rings. The van der Waals surface area contributed by atoms with E-state index < -0.39 is 36.6 Å². The van der Waals surface area contributed by atoms with Gasteiger partial charge in [-0.05, 0) is 31.1 Å². The van der Waals surface area contributed by atoms with Gasteiger partial charge in [-0.15, -0.1) is 0 Å². The number of hydrogen-bond acceptors (Lipinski definition) is 3. The van der Waals surface area contributed by atoms with Crippen molar-refractivity contribution in [1.29, 1.82) is 0 Å². The van der Waals surface area contributed by atoms with Gasteiger partial charge < -0.3 is 12.3 Å². The summed E-state index contributed by atoms with van der Waals surface area (Å²) in [6.45, 7) is 0. The van der Waals surface area contributed by atoms with Crippen LogP contribution in [-0.4, -0.2) is 36.6 Å². The van der Waals surface area contributed by atoms with Crippen LogP contribution in [0.25, 0.3) is 0 Å². The Bertz CT molecular complexity index is 1440. The SMILES string of the molecule is c1ccc([Si](O[Si](O[Si](c2ccccc2)c2ccccc2)c2ccccc2)O[Si](c2ccccc2)c2ccccc2)cc1. The predicted molar refractivity (Wildman–Crippen MR) is 183 cm³/mol. The lowest BCUT2D eigenvalue weighted by molar-refractivity contribution is 0.402. The second-order valence-electron chi connectivity index (χ2n) is 9.74. The number of rotatable bonds is 12. The van der Waals surface area contributed by atoms with Crippen LogP contribution in [0.3, 0.4) is 0 Å². The van der Waals surface area contributed by atoms with Crippen LogP contribution in [0.15, 0.2) is 182 Å². The number of benzene rings is 6. The summed E-state index contributed by atoms with van der Waals surface area (Å²) < 4.78 is 21.6. The molecule has 0 unspecified atom stereocenters. The fourth-order valence-electron chi connectivity index (χ4n) is 4.62. The molecule has 6 rings (SSSR count). The average Bonchev–Trinajstić information content (AvgIpc) is 3.10. The molecule has 7 heteroatoms. The van der Waals surface area contributed by atoms with E-state index in [0.29, 0.717) is 0 Å². The van der Waals surface area contributed by atoms with Gasteiger partial charge in [0.05, 0.1) is 0 Å². The fraction of sp³-hybridized carbons (Fsp3) is 0. The lowest BCUT2D eigenvalue weighted by Crippen LogP contribution is -2.58. The molecule has 0 spiro atoms. The highest BCUT2D eigenvalue weighted by atomic mass is 28.4. The minimum Gasteiger partial charge on any atom is -0.424 e. The Morgan fingerprint density at radius 3 is 0.674 bits per heavy atom. The predicted octanol–water partition coefficient (Wildman–Crippen LogP) is 3.44. The van der Waals surface area contributed by atoms with Crippen LogP contribution < -0.4 is 31.1 Å². The molecule has 43 heavy (non-hydrogen) atoms. The average molecular weight is 623 g/mol. The zero-order valence-electron chi connectivity index (χ0n) is 23.5. The summed E-state index contributed by atoms with van der Waals surface area (Å²) >= 11 is 0. The maximum absolute atomic E-state index is 7.19. The molecule has 4 radical (unpaired) electrons. The Balaban J connectivity index is 1.40. The molecule has 0 atom stereocenters. The van der Waals surface area contributed by atoms with E-state index in [0.717, 1.165) is 10.4 Å². The van der Waals surface area contributed by atoms with E-state index >= 15 is 0 Å².